The van der Waals surface area contributed by atoms with Crippen molar-refractivity contribution in [2.45, 2.75) is 44.8 Å². The maximum Gasteiger partial charge on any atom is 0.407 e. The molecule has 6 nitrogen and oxygen atoms in total. The van der Waals surface area contributed by atoms with Crippen molar-refractivity contribution in [2.24, 2.45) is 0 Å². The highest BCUT2D eigenvalue weighted by molar-refractivity contribution is 5.81. The lowest BCUT2D eigenvalue weighted by Crippen LogP contribution is -2.49. The van der Waals surface area contributed by atoms with E-state index in [-0.39, 0.29) is 12.5 Å². The number of nitrogens with one attached hydrogen (secondary N) is 1. The third kappa shape index (κ3) is 4.77. The molecule has 1 amide bonds. The summed E-state index contributed by atoms with van der Waals surface area (Å²) in [6.45, 7) is 4.25. The number of benzene rings is 2. The van der Waals surface area contributed by atoms with Crippen molar-refractivity contribution in [1.29, 1.82) is 0 Å². The molecule has 0 fully saturated rings. The Bertz CT molecular complexity index is 820. The van der Waals surface area contributed by atoms with Gasteiger partial charge in [0.1, 0.15) is 6.61 Å². The molecule has 2 N–H and O–H groups in total. The van der Waals surface area contributed by atoms with Gasteiger partial charge in [-0.2, -0.15) is 0 Å². The molecular weight excluding hydrogens is 370 g/mol. The van der Waals surface area contributed by atoms with E-state index >= 15 is 0 Å². The van der Waals surface area contributed by atoms with Crippen LogP contribution in [0.3, 0.4) is 0 Å². The maximum absolute atomic E-state index is 12.3. The highest BCUT2D eigenvalue weighted by Crippen LogP contribution is 2.44. The van der Waals surface area contributed by atoms with Crippen LogP contribution in [0.4, 0.5) is 4.79 Å². The largest absolute Gasteiger partial charge is 0.480 e. The van der Waals surface area contributed by atoms with Gasteiger partial charge in [0.05, 0.1) is 6.10 Å². The van der Waals surface area contributed by atoms with Gasteiger partial charge >= 0.3 is 12.1 Å². The average Bonchev–Trinajstić information content (AvgIpc) is 3.04. The number of unbranched alkanes of at least 4 members (excludes halogenated alkanes) is 1. The molecule has 0 aliphatic heterocycles. The lowest BCUT2D eigenvalue weighted by Gasteiger charge is -2.22. The molecule has 29 heavy (non-hydrogen) atoms. The summed E-state index contributed by atoms with van der Waals surface area (Å²) in [5, 5.41) is 11.9. The van der Waals surface area contributed by atoms with Crippen molar-refractivity contribution >= 4 is 12.1 Å². The highest BCUT2D eigenvalue weighted by Gasteiger charge is 2.31. The van der Waals surface area contributed by atoms with E-state index in [0.29, 0.717) is 6.61 Å². The number of carbonyl (C=O) groups excluding carboxylic acids is 1. The lowest BCUT2D eigenvalue weighted by molar-refractivity contribution is -0.143. The molecule has 0 aromatic heterocycles. The van der Waals surface area contributed by atoms with E-state index in [4.69, 9.17) is 9.47 Å². The normalized spacial score (nSPS) is 14.6. The van der Waals surface area contributed by atoms with Crippen molar-refractivity contribution in [3.63, 3.8) is 0 Å². The predicted molar refractivity (Wildman–Crippen MR) is 110 cm³/mol. The fourth-order valence-electron chi connectivity index (χ4n) is 3.66. The first-order chi connectivity index (χ1) is 14.0. The van der Waals surface area contributed by atoms with E-state index in [9.17, 15) is 14.7 Å². The molecule has 6 heteroatoms. The second-order valence-corrected chi connectivity index (χ2v) is 7.22. The zero-order chi connectivity index (χ0) is 20.8. The first-order valence-electron chi connectivity index (χ1n) is 9.98. The summed E-state index contributed by atoms with van der Waals surface area (Å²) in [6.07, 6.45) is 0.371. The number of carboxylic acid groups (broad SMARTS) is 1. The van der Waals surface area contributed by atoms with E-state index < -0.39 is 24.2 Å². The summed E-state index contributed by atoms with van der Waals surface area (Å²) in [4.78, 5) is 23.9. The Morgan fingerprint density at radius 3 is 2.21 bits per heavy atom. The lowest BCUT2D eigenvalue weighted by atomic mass is 9.98. The van der Waals surface area contributed by atoms with Gasteiger partial charge < -0.3 is 19.9 Å². The Morgan fingerprint density at radius 1 is 1.07 bits per heavy atom. The van der Waals surface area contributed by atoms with Crippen LogP contribution < -0.4 is 5.32 Å². The van der Waals surface area contributed by atoms with E-state index in [1.54, 1.807) is 6.92 Å². The van der Waals surface area contributed by atoms with Gasteiger partial charge in [-0.15, -0.1) is 0 Å². The summed E-state index contributed by atoms with van der Waals surface area (Å²) in [7, 11) is 0. The molecule has 1 aliphatic carbocycles. The van der Waals surface area contributed by atoms with Crippen molar-refractivity contribution in [3.05, 3.63) is 59.7 Å². The minimum absolute atomic E-state index is 0.0744. The number of hydrogen-bond acceptors (Lipinski definition) is 4. The van der Waals surface area contributed by atoms with Crippen LogP contribution in [-0.2, 0) is 14.3 Å². The molecule has 0 heterocycles. The highest BCUT2D eigenvalue weighted by atomic mass is 16.6. The van der Waals surface area contributed by atoms with Crippen molar-refractivity contribution < 1.29 is 24.2 Å². The Balaban J connectivity index is 1.63. The van der Waals surface area contributed by atoms with Crippen molar-refractivity contribution in [1.82, 2.24) is 5.32 Å². The van der Waals surface area contributed by atoms with E-state index in [1.165, 1.54) is 0 Å². The Labute approximate surface area is 170 Å². The SMILES string of the molecule is CCCCO[C@H](C)[C@H](NC(=O)OCC1c2ccccc2-c2ccccc21)C(=O)O. The molecule has 0 saturated heterocycles. The zero-order valence-corrected chi connectivity index (χ0v) is 16.8. The van der Waals surface area contributed by atoms with Gasteiger partial charge in [-0.05, 0) is 35.6 Å². The van der Waals surface area contributed by atoms with Crippen LogP contribution in [0, 0.1) is 0 Å². The van der Waals surface area contributed by atoms with Crippen LogP contribution in [0.25, 0.3) is 11.1 Å². The number of carboxylic acids is 1. The van der Waals surface area contributed by atoms with Crippen LogP contribution in [0.1, 0.15) is 43.7 Å². The van der Waals surface area contributed by atoms with Crippen LogP contribution in [-0.4, -0.2) is 42.5 Å². The Morgan fingerprint density at radius 2 is 1.66 bits per heavy atom. The van der Waals surface area contributed by atoms with Crippen molar-refractivity contribution in [3.8, 4) is 11.1 Å². The van der Waals surface area contributed by atoms with Crippen molar-refractivity contribution in [2.75, 3.05) is 13.2 Å². The molecule has 2 aromatic rings. The van der Waals surface area contributed by atoms with E-state index in [2.05, 4.69) is 17.4 Å². The van der Waals surface area contributed by atoms with E-state index in [1.807, 2.05) is 43.3 Å². The summed E-state index contributed by atoms with van der Waals surface area (Å²) in [6, 6.07) is 14.9. The molecule has 3 rings (SSSR count). The number of aliphatic carboxylic acids is 1. The van der Waals surface area contributed by atoms with Gasteiger partial charge in [-0.1, -0.05) is 61.9 Å². The number of alkyl carbamates (subject to hydrolysis) is 1. The van der Waals surface area contributed by atoms with Gasteiger partial charge in [0.25, 0.3) is 0 Å². The summed E-state index contributed by atoms with van der Waals surface area (Å²) in [5.74, 6) is -1.22. The first-order valence-corrected chi connectivity index (χ1v) is 9.98. The average molecular weight is 397 g/mol. The van der Waals surface area contributed by atoms with Crippen LogP contribution in [0.5, 0.6) is 0 Å². The van der Waals surface area contributed by atoms with Gasteiger partial charge in [-0.3, -0.25) is 0 Å². The smallest absolute Gasteiger partial charge is 0.407 e. The number of ether oxygens (including phenoxy) is 2. The minimum atomic E-state index is -1.16. The minimum Gasteiger partial charge on any atom is -0.480 e. The number of rotatable bonds is 9. The van der Waals surface area contributed by atoms with Crippen LogP contribution >= 0.6 is 0 Å². The van der Waals surface area contributed by atoms with Gasteiger partial charge in [0, 0.05) is 12.5 Å². The quantitative estimate of drug-likeness (QED) is 0.620. The summed E-state index contributed by atoms with van der Waals surface area (Å²) in [5.41, 5.74) is 4.48. The van der Waals surface area contributed by atoms with Gasteiger partial charge in [0.2, 0.25) is 0 Å². The third-order valence-electron chi connectivity index (χ3n) is 5.23. The van der Waals surface area contributed by atoms with E-state index in [0.717, 1.165) is 35.1 Å². The molecule has 1 aliphatic rings. The fraction of sp³-hybridized carbons (Fsp3) is 0.391. The third-order valence-corrected chi connectivity index (χ3v) is 5.23. The molecule has 0 saturated carbocycles. The molecule has 0 unspecified atom stereocenters. The van der Waals surface area contributed by atoms with Gasteiger partial charge in [0.15, 0.2) is 6.04 Å². The molecule has 154 valence electrons. The summed E-state index contributed by atoms with van der Waals surface area (Å²) >= 11 is 0. The standard InChI is InChI=1S/C23H27NO5/c1-3-4-13-28-15(2)21(22(25)26)24-23(27)29-14-20-18-11-7-5-9-16(18)17-10-6-8-12-19(17)20/h5-12,15,20-21H,3-4,13-14H2,1-2H3,(H,24,27)(H,25,26)/t15-,21+/m1/s1. The molecule has 0 spiro atoms. The summed E-state index contributed by atoms with van der Waals surface area (Å²) < 4.78 is 11.0. The molecule has 2 aromatic carbocycles. The second-order valence-electron chi connectivity index (χ2n) is 7.22. The Hall–Kier alpha value is -2.86. The maximum atomic E-state index is 12.3. The number of amides is 1. The van der Waals surface area contributed by atoms with Gasteiger partial charge in [-0.25, -0.2) is 9.59 Å². The molecule has 2 atom stereocenters. The fourth-order valence-corrected chi connectivity index (χ4v) is 3.66. The predicted octanol–water partition coefficient (Wildman–Crippen LogP) is 4.18. The second kappa shape index (κ2) is 9.56. The number of hydrogen-bond donors (Lipinski definition) is 2. The van der Waals surface area contributed by atoms with Crippen LogP contribution in [0.2, 0.25) is 0 Å². The Kier molecular flexibility index (Phi) is 6.88. The topological polar surface area (TPSA) is 84.9 Å². The molecule has 0 bridgehead atoms. The zero-order valence-electron chi connectivity index (χ0n) is 16.8. The monoisotopic (exact) mass is 397 g/mol. The molecular formula is C23H27NO5. The molecule has 0 radical (unpaired) electrons. The van der Waals surface area contributed by atoms with Crippen LogP contribution in [0.15, 0.2) is 48.5 Å². The number of carbonyl (C=O) groups is 2. The first kappa shape index (κ1) is 20.9. The number of fused-ring (bicyclic) bond motifs is 3.